The zero-order valence-corrected chi connectivity index (χ0v) is 15.8. The first-order valence-electron chi connectivity index (χ1n) is 8.12. The van der Waals surface area contributed by atoms with Crippen molar-refractivity contribution >= 4 is 43.8 Å². The van der Waals surface area contributed by atoms with Crippen LogP contribution in [-0.4, -0.2) is 30.2 Å². The highest BCUT2D eigenvalue weighted by atomic mass is 32.2. The Hall–Kier alpha value is -4.28. The van der Waals surface area contributed by atoms with Gasteiger partial charge in [-0.1, -0.05) is 6.07 Å². The summed E-state index contributed by atoms with van der Waals surface area (Å²) in [5, 5.41) is 24.7. The zero-order valence-electron chi connectivity index (χ0n) is 15.0. The van der Waals surface area contributed by atoms with Crippen LogP contribution in [0.4, 0.5) is 11.4 Å². The van der Waals surface area contributed by atoms with Crippen LogP contribution in [0.5, 0.6) is 0 Å². The van der Waals surface area contributed by atoms with E-state index in [0.717, 1.165) is 0 Å². The third-order valence-electron chi connectivity index (χ3n) is 3.88. The number of benzene rings is 2. The monoisotopic (exact) mass is 427 g/mol. The van der Waals surface area contributed by atoms with E-state index in [9.17, 15) is 28.1 Å². The van der Waals surface area contributed by atoms with Gasteiger partial charge < -0.3 is 5.32 Å². The molecule has 0 bridgehead atoms. The van der Waals surface area contributed by atoms with Crippen LogP contribution in [0, 0.1) is 11.3 Å². The van der Waals surface area contributed by atoms with Crippen molar-refractivity contribution in [3.8, 4) is 6.07 Å². The van der Waals surface area contributed by atoms with Crippen LogP contribution in [0.2, 0.25) is 0 Å². The van der Waals surface area contributed by atoms with E-state index >= 15 is 0 Å². The predicted molar refractivity (Wildman–Crippen MR) is 108 cm³/mol. The van der Waals surface area contributed by atoms with Crippen LogP contribution in [0.3, 0.4) is 0 Å². The molecule has 2 aromatic carbocycles. The summed E-state index contributed by atoms with van der Waals surface area (Å²) in [6.45, 7) is 0. The molecule has 0 saturated heterocycles. The second-order valence-electron chi connectivity index (χ2n) is 5.84. The van der Waals surface area contributed by atoms with Crippen molar-refractivity contribution in [2.45, 2.75) is 4.90 Å². The van der Waals surface area contributed by atoms with Crippen LogP contribution in [0.15, 0.2) is 62.1 Å². The molecular weight excluding hydrogens is 414 g/mol. The first-order valence-corrected chi connectivity index (χ1v) is 9.67. The van der Waals surface area contributed by atoms with E-state index < -0.39 is 32.8 Å². The summed E-state index contributed by atoms with van der Waals surface area (Å²) in [4.78, 5) is 36.0. The van der Waals surface area contributed by atoms with Gasteiger partial charge in [0.1, 0.15) is 6.07 Å². The molecule has 1 aromatic heterocycles. The molecule has 1 amide bonds. The van der Waals surface area contributed by atoms with Crippen LogP contribution >= 0.6 is 0 Å². The number of aromatic nitrogens is 2. The van der Waals surface area contributed by atoms with Gasteiger partial charge in [0.25, 0.3) is 17.0 Å². The van der Waals surface area contributed by atoms with Gasteiger partial charge in [-0.25, -0.2) is 13.6 Å². The average molecular weight is 427 g/mol. The van der Waals surface area contributed by atoms with E-state index in [1.165, 1.54) is 42.5 Å². The Morgan fingerprint density at radius 1 is 1.07 bits per heavy atom. The molecule has 0 radical (unpaired) electrons. The fraction of sp³-hybridized carbons (Fsp3) is 0. The van der Waals surface area contributed by atoms with E-state index in [0.29, 0.717) is 0 Å². The van der Waals surface area contributed by atoms with E-state index in [4.69, 9.17) is 5.14 Å². The maximum atomic E-state index is 12.3. The Bertz CT molecular complexity index is 1430. The third kappa shape index (κ3) is 4.24. The molecule has 0 spiro atoms. The van der Waals surface area contributed by atoms with Gasteiger partial charge in [0.15, 0.2) is 0 Å². The fourth-order valence-corrected chi connectivity index (χ4v) is 3.00. The Labute approximate surface area is 168 Å². The number of carbonyl (C=O) groups excluding carboxylic acids is 1. The Balaban J connectivity index is 1.85. The second kappa shape index (κ2) is 7.99. The van der Waals surface area contributed by atoms with Crippen molar-refractivity contribution in [2.24, 2.45) is 10.2 Å². The zero-order chi connectivity index (χ0) is 21.9. The van der Waals surface area contributed by atoms with Gasteiger partial charge in [-0.15, -0.1) is 0 Å². The summed E-state index contributed by atoms with van der Waals surface area (Å²) in [5.41, 5.74) is 1.04. The number of fused-ring (bicyclic) bond motifs is 1. The predicted octanol–water partition coefficient (Wildman–Crippen LogP) is -0.206. The van der Waals surface area contributed by atoms with E-state index in [-0.39, 0.29) is 27.0 Å². The van der Waals surface area contributed by atoms with Crippen LogP contribution in [0.1, 0.15) is 0 Å². The quantitative estimate of drug-likeness (QED) is 0.273. The summed E-state index contributed by atoms with van der Waals surface area (Å²) < 4.78 is 22.5. The van der Waals surface area contributed by atoms with Crippen molar-refractivity contribution in [3.63, 3.8) is 0 Å². The van der Waals surface area contributed by atoms with Crippen LogP contribution in [-0.2, 0) is 14.8 Å². The van der Waals surface area contributed by atoms with Crippen molar-refractivity contribution in [3.05, 3.63) is 63.2 Å². The second-order valence-corrected chi connectivity index (χ2v) is 7.41. The summed E-state index contributed by atoms with van der Waals surface area (Å²) in [6.07, 6.45) is 0. The van der Waals surface area contributed by atoms with Crippen LogP contribution in [0.25, 0.3) is 10.8 Å². The Morgan fingerprint density at radius 2 is 1.73 bits per heavy atom. The lowest BCUT2D eigenvalue weighted by Crippen LogP contribution is -2.23. The molecule has 0 aliphatic heterocycles. The van der Waals surface area contributed by atoms with Gasteiger partial charge >= 0.3 is 0 Å². The standard InChI is InChI=1S/C17H13N7O5S/c18-8-13(16(26)20-9-4-6-10(7-5-9)30(19,28)29)22-21-12-3-1-2-11-14(12)17(27)24-23-15(11)25/h1-7,21H,(H,20,26)(H,23,25)(H,24,27)(H2,19,28,29)/b22-13+. The molecule has 3 aromatic rings. The number of carbonyl (C=O) groups is 1. The van der Waals surface area contributed by atoms with Gasteiger partial charge in [-0.2, -0.15) is 10.4 Å². The minimum absolute atomic E-state index is 0.00119. The Morgan fingerprint density at radius 3 is 2.37 bits per heavy atom. The normalized spacial score (nSPS) is 11.7. The summed E-state index contributed by atoms with van der Waals surface area (Å²) in [5.74, 6) is -0.889. The number of hydrogen-bond donors (Lipinski definition) is 5. The highest BCUT2D eigenvalue weighted by Crippen LogP contribution is 2.17. The number of sulfonamides is 1. The minimum Gasteiger partial charge on any atom is -0.320 e. The number of primary sulfonamides is 1. The molecule has 0 saturated carbocycles. The van der Waals surface area contributed by atoms with Crippen molar-refractivity contribution in [2.75, 3.05) is 10.7 Å². The summed E-state index contributed by atoms with van der Waals surface area (Å²) >= 11 is 0. The largest absolute Gasteiger partial charge is 0.320 e. The maximum Gasteiger partial charge on any atom is 0.287 e. The van der Waals surface area contributed by atoms with Crippen LogP contribution < -0.4 is 27.0 Å². The highest BCUT2D eigenvalue weighted by molar-refractivity contribution is 7.89. The Kier molecular flexibility index (Phi) is 5.45. The average Bonchev–Trinajstić information content (AvgIpc) is 2.71. The lowest BCUT2D eigenvalue weighted by molar-refractivity contribution is -0.110. The summed E-state index contributed by atoms with van der Waals surface area (Å²) in [7, 11) is -3.88. The lowest BCUT2D eigenvalue weighted by atomic mass is 10.1. The number of nitrogens with two attached hydrogens (primary N) is 1. The number of rotatable bonds is 5. The number of H-pyrrole nitrogens is 2. The van der Waals surface area contributed by atoms with Gasteiger partial charge in [0, 0.05) is 5.69 Å². The molecule has 6 N–H and O–H groups in total. The SMILES string of the molecule is N#C/C(=N\Nc1cccc2c(=O)[nH][nH]c(=O)c12)C(=O)Nc1ccc(S(N)(=O)=O)cc1. The molecule has 0 fully saturated rings. The number of anilines is 2. The number of aromatic amines is 2. The number of nitrogens with zero attached hydrogens (tertiary/aromatic N) is 2. The first-order chi connectivity index (χ1) is 14.2. The molecule has 12 nitrogen and oxygen atoms in total. The van der Waals surface area contributed by atoms with Gasteiger partial charge in [0.05, 0.1) is 21.4 Å². The summed E-state index contributed by atoms with van der Waals surface area (Å²) in [6, 6.07) is 10.9. The molecule has 13 heteroatoms. The topological polar surface area (TPSA) is 203 Å². The first kappa shape index (κ1) is 20.5. The fourth-order valence-electron chi connectivity index (χ4n) is 2.48. The minimum atomic E-state index is -3.88. The van der Waals surface area contributed by atoms with Gasteiger partial charge in [0.2, 0.25) is 15.7 Å². The molecule has 3 rings (SSSR count). The van der Waals surface area contributed by atoms with E-state index in [1.54, 1.807) is 6.07 Å². The number of amides is 1. The number of nitriles is 1. The molecule has 152 valence electrons. The molecule has 1 heterocycles. The maximum absolute atomic E-state index is 12.3. The van der Waals surface area contributed by atoms with Gasteiger partial charge in [-0.05, 0) is 36.4 Å². The molecule has 0 aliphatic rings. The molecule has 30 heavy (non-hydrogen) atoms. The van der Waals surface area contributed by atoms with E-state index in [2.05, 4.69) is 26.0 Å². The number of nitrogens with one attached hydrogen (secondary N) is 4. The highest BCUT2D eigenvalue weighted by Gasteiger charge is 2.14. The molecule has 0 atom stereocenters. The van der Waals surface area contributed by atoms with Crippen molar-refractivity contribution in [1.82, 2.24) is 10.2 Å². The third-order valence-corrected chi connectivity index (χ3v) is 4.80. The number of hydrazone groups is 1. The van der Waals surface area contributed by atoms with Crippen molar-refractivity contribution < 1.29 is 13.2 Å². The van der Waals surface area contributed by atoms with Crippen molar-refractivity contribution in [1.29, 1.82) is 5.26 Å². The van der Waals surface area contributed by atoms with Gasteiger partial charge in [-0.3, -0.25) is 30.0 Å². The van der Waals surface area contributed by atoms with E-state index in [1.807, 2.05) is 0 Å². The molecule has 0 unspecified atom stereocenters. The lowest BCUT2D eigenvalue weighted by Gasteiger charge is -2.06. The number of hydrogen-bond acceptors (Lipinski definition) is 8. The smallest absolute Gasteiger partial charge is 0.287 e. The molecule has 0 aliphatic carbocycles. The molecular formula is C17H13N7O5S.